The molecule has 0 N–H and O–H groups in total. The predicted molar refractivity (Wildman–Crippen MR) is 151 cm³/mol. The van der Waals surface area contributed by atoms with Gasteiger partial charge in [-0.2, -0.15) is 9.78 Å². The van der Waals surface area contributed by atoms with E-state index in [4.69, 9.17) is 18.9 Å². The highest BCUT2D eigenvalue weighted by molar-refractivity contribution is 9.10. The van der Waals surface area contributed by atoms with Crippen molar-refractivity contribution < 1.29 is 18.7 Å². The third-order valence-corrected chi connectivity index (χ3v) is 6.89. The van der Waals surface area contributed by atoms with Gasteiger partial charge in [0.05, 0.1) is 30.3 Å². The number of fused-ring (bicyclic) bond motifs is 2. The lowest BCUT2D eigenvalue weighted by Crippen LogP contribution is -2.43. The number of aromatic nitrogens is 2. The molecule has 3 aromatic carbocycles. The summed E-state index contributed by atoms with van der Waals surface area (Å²) >= 11 is 3.48. The van der Waals surface area contributed by atoms with E-state index < -0.39 is 0 Å². The first-order valence-electron chi connectivity index (χ1n) is 12.4. The summed E-state index contributed by atoms with van der Waals surface area (Å²) in [4.78, 5) is 32.6. The van der Waals surface area contributed by atoms with Crippen LogP contribution >= 0.6 is 15.9 Å². The Kier molecular flexibility index (Phi) is 6.95. The molecule has 6 rings (SSSR count). The zero-order valence-electron chi connectivity index (χ0n) is 20.7. The fourth-order valence-corrected chi connectivity index (χ4v) is 4.78. The highest BCUT2D eigenvalue weighted by Gasteiger charge is 2.19. The van der Waals surface area contributed by atoms with Gasteiger partial charge in [0, 0.05) is 28.5 Å². The normalized spacial score (nSPS) is 13.9. The van der Waals surface area contributed by atoms with Crippen LogP contribution in [0.3, 0.4) is 0 Å². The van der Waals surface area contributed by atoms with Crippen LogP contribution in [0.4, 0.5) is 0 Å². The molecule has 1 amide bonds. The van der Waals surface area contributed by atoms with E-state index in [1.54, 1.807) is 35.2 Å². The maximum Gasteiger partial charge on any atom is 0.282 e. The van der Waals surface area contributed by atoms with Crippen molar-refractivity contribution in [2.24, 2.45) is 5.10 Å². The topological polar surface area (TPSA) is 99.2 Å². The van der Waals surface area contributed by atoms with Crippen LogP contribution in [0.5, 0.6) is 5.75 Å². The van der Waals surface area contributed by atoms with Crippen molar-refractivity contribution in [2.75, 3.05) is 32.9 Å². The Balaban J connectivity index is 1.37. The highest BCUT2D eigenvalue weighted by atomic mass is 79.9. The molecule has 9 nitrogen and oxygen atoms in total. The van der Waals surface area contributed by atoms with Crippen LogP contribution in [0, 0.1) is 0 Å². The molecule has 0 bridgehead atoms. The van der Waals surface area contributed by atoms with Crippen LogP contribution in [0.2, 0.25) is 0 Å². The van der Waals surface area contributed by atoms with Crippen LogP contribution < -0.4 is 10.3 Å². The minimum absolute atomic E-state index is 0.109. The summed E-state index contributed by atoms with van der Waals surface area (Å²) in [6, 6.07) is 21.8. The summed E-state index contributed by atoms with van der Waals surface area (Å²) in [6.45, 7) is 2.03. The number of hydrogen-bond donors (Lipinski definition) is 0. The molecule has 0 atom stereocenters. The second kappa shape index (κ2) is 10.8. The van der Waals surface area contributed by atoms with Crippen LogP contribution in [0.25, 0.3) is 33.5 Å². The van der Waals surface area contributed by atoms with E-state index in [0.717, 1.165) is 9.86 Å². The number of halogens is 1. The number of carbonyl (C=O) groups is 1. The van der Waals surface area contributed by atoms with Crippen molar-refractivity contribution in [2.45, 2.75) is 0 Å². The van der Waals surface area contributed by atoms with Gasteiger partial charge in [0.1, 0.15) is 11.3 Å². The number of carbonyl (C=O) groups excluding carboxylic acids is 1. The summed E-state index contributed by atoms with van der Waals surface area (Å²) in [5.74, 6) is 1.03. The Morgan fingerprint density at radius 2 is 1.85 bits per heavy atom. The molecule has 2 aromatic heterocycles. The minimum Gasteiger partial charge on any atom is -0.483 e. The number of nitrogens with zero attached hydrogens (tertiary/aromatic N) is 4. The van der Waals surface area contributed by atoms with Gasteiger partial charge in [-0.05, 0) is 48.5 Å². The molecular weight excluding hydrogens is 564 g/mol. The van der Waals surface area contributed by atoms with Gasteiger partial charge >= 0.3 is 0 Å². The van der Waals surface area contributed by atoms with Crippen molar-refractivity contribution in [3.05, 3.63) is 93.2 Å². The van der Waals surface area contributed by atoms with E-state index in [9.17, 15) is 9.59 Å². The smallest absolute Gasteiger partial charge is 0.282 e. The monoisotopic (exact) mass is 586 g/mol. The molecular formula is C29H23BrN4O5. The number of morpholine rings is 1. The van der Waals surface area contributed by atoms with E-state index in [-0.39, 0.29) is 23.9 Å². The Bertz CT molecular complexity index is 1770. The van der Waals surface area contributed by atoms with Gasteiger partial charge in [-0.15, -0.1) is 0 Å². The van der Waals surface area contributed by atoms with Crippen molar-refractivity contribution in [1.29, 1.82) is 0 Å². The molecule has 10 heteroatoms. The molecule has 0 aliphatic carbocycles. The average Bonchev–Trinajstić information content (AvgIpc) is 3.39. The number of benzene rings is 3. The van der Waals surface area contributed by atoms with Crippen LogP contribution in [-0.4, -0.2) is 59.6 Å². The van der Waals surface area contributed by atoms with E-state index in [1.807, 2.05) is 42.5 Å². The Morgan fingerprint density at radius 1 is 1.05 bits per heavy atom. The molecule has 1 saturated heterocycles. The molecule has 196 valence electrons. The number of para-hydroxylation sites is 2. The van der Waals surface area contributed by atoms with Gasteiger partial charge < -0.3 is 18.8 Å². The van der Waals surface area contributed by atoms with Crippen molar-refractivity contribution in [3.63, 3.8) is 0 Å². The summed E-state index contributed by atoms with van der Waals surface area (Å²) in [7, 11) is 0. The first-order valence-corrected chi connectivity index (χ1v) is 13.2. The third kappa shape index (κ3) is 5.21. The SMILES string of the molecule is O=C(COc1ccccc1C=Nn1c(-c2cc3cc(Br)ccc3o2)nc2ccccc2c1=O)N1CCOCC1. The molecule has 0 saturated carbocycles. The molecule has 3 heterocycles. The first-order chi connectivity index (χ1) is 19.1. The number of furan rings is 1. The first kappa shape index (κ1) is 25.0. The van der Waals surface area contributed by atoms with Gasteiger partial charge in [-0.25, -0.2) is 4.98 Å². The summed E-state index contributed by atoms with van der Waals surface area (Å²) in [6.07, 6.45) is 1.52. The standard InChI is InChI=1S/C29H23BrN4O5/c30-21-9-10-25-20(15-21)16-26(39-25)28-32-23-7-3-2-6-22(23)29(36)34(28)31-17-19-5-1-4-8-24(19)38-18-27(35)33-11-13-37-14-12-33/h1-10,15-17H,11-14,18H2. The molecule has 0 unspecified atom stereocenters. The Hall–Kier alpha value is -4.28. The van der Waals surface area contributed by atoms with Gasteiger partial charge in [0.15, 0.2) is 12.4 Å². The molecule has 5 aromatic rings. The minimum atomic E-state index is -0.339. The van der Waals surface area contributed by atoms with Crippen molar-refractivity contribution in [3.8, 4) is 17.3 Å². The highest BCUT2D eigenvalue weighted by Crippen LogP contribution is 2.29. The van der Waals surface area contributed by atoms with Gasteiger partial charge in [0.2, 0.25) is 5.82 Å². The maximum atomic E-state index is 13.6. The molecule has 1 fully saturated rings. The molecule has 0 radical (unpaired) electrons. The predicted octanol–water partition coefficient (Wildman–Crippen LogP) is 4.69. The van der Waals surface area contributed by atoms with E-state index in [0.29, 0.717) is 59.9 Å². The Morgan fingerprint density at radius 3 is 2.72 bits per heavy atom. The van der Waals surface area contributed by atoms with Crippen LogP contribution in [-0.2, 0) is 9.53 Å². The van der Waals surface area contributed by atoms with Gasteiger partial charge in [0.25, 0.3) is 11.5 Å². The summed E-state index contributed by atoms with van der Waals surface area (Å²) in [5, 5.41) is 5.81. The molecule has 1 aliphatic heterocycles. The maximum absolute atomic E-state index is 13.6. The van der Waals surface area contributed by atoms with Crippen LogP contribution in [0.1, 0.15) is 5.56 Å². The second-order valence-corrected chi connectivity index (χ2v) is 9.84. The quantitative estimate of drug-likeness (QED) is 0.268. The average molecular weight is 587 g/mol. The Labute approximate surface area is 231 Å². The molecule has 39 heavy (non-hydrogen) atoms. The zero-order valence-corrected chi connectivity index (χ0v) is 22.3. The van der Waals surface area contributed by atoms with Gasteiger partial charge in [-0.1, -0.05) is 40.2 Å². The van der Waals surface area contributed by atoms with E-state index >= 15 is 0 Å². The lowest BCUT2D eigenvalue weighted by molar-refractivity contribution is -0.137. The summed E-state index contributed by atoms with van der Waals surface area (Å²) in [5.41, 5.74) is 1.46. The lowest BCUT2D eigenvalue weighted by Gasteiger charge is -2.26. The second-order valence-electron chi connectivity index (χ2n) is 8.93. The summed E-state index contributed by atoms with van der Waals surface area (Å²) < 4.78 is 19.4. The largest absolute Gasteiger partial charge is 0.483 e. The zero-order chi connectivity index (χ0) is 26.8. The van der Waals surface area contributed by atoms with Gasteiger partial charge in [-0.3, -0.25) is 9.59 Å². The molecule has 0 spiro atoms. The van der Waals surface area contributed by atoms with Crippen molar-refractivity contribution >= 4 is 49.9 Å². The van der Waals surface area contributed by atoms with E-state index in [1.165, 1.54) is 10.9 Å². The van der Waals surface area contributed by atoms with E-state index in [2.05, 4.69) is 21.0 Å². The fourth-order valence-electron chi connectivity index (χ4n) is 4.40. The number of amides is 1. The number of rotatable bonds is 6. The van der Waals surface area contributed by atoms with Crippen molar-refractivity contribution in [1.82, 2.24) is 14.6 Å². The number of hydrogen-bond acceptors (Lipinski definition) is 7. The number of ether oxygens (including phenoxy) is 2. The molecule has 1 aliphatic rings. The third-order valence-electron chi connectivity index (χ3n) is 6.40. The lowest BCUT2D eigenvalue weighted by atomic mass is 10.2. The fraction of sp³-hybridized carbons (Fsp3) is 0.172. The van der Waals surface area contributed by atoms with Crippen LogP contribution in [0.15, 0.2) is 91.6 Å².